The molecular formula is C10H20BNO3. The number of methoxy groups -OCH3 is 1. The zero-order valence-electron chi connectivity index (χ0n) is 10.2. The molecule has 0 saturated carbocycles. The smallest absolute Gasteiger partial charge is 0.403 e. The molecule has 4 nitrogen and oxygen atoms in total. The predicted octanol–water partition coefficient (Wildman–Crippen LogP) is 1.74. The van der Waals surface area contributed by atoms with Crippen LogP contribution in [0.2, 0.25) is 5.82 Å². The molecule has 1 aliphatic rings. The Morgan fingerprint density at radius 2 is 1.73 bits per heavy atom. The first kappa shape index (κ1) is 12.7. The van der Waals surface area contributed by atoms with Gasteiger partial charge in [-0.1, -0.05) is 0 Å². The summed E-state index contributed by atoms with van der Waals surface area (Å²) in [5, 5.41) is 7.32. The van der Waals surface area contributed by atoms with Gasteiger partial charge in [-0.3, -0.25) is 0 Å². The van der Waals surface area contributed by atoms with Crippen molar-refractivity contribution in [1.82, 2.24) is 0 Å². The molecule has 1 heterocycles. The van der Waals surface area contributed by atoms with Crippen molar-refractivity contribution in [1.29, 1.82) is 5.41 Å². The molecule has 1 atom stereocenters. The van der Waals surface area contributed by atoms with Gasteiger partial charge in [-0.15, -0.1) is 0 Å². The zero-order chi connectivity index (χ0) is 11.7. The van der Waals surface area contributed by atoms with Crippen LogP contribution in [0.3, 0.4) is 0 Å². The Hall–Kier alpha value is -0.385. The van der Waals surface area contributed by atoms with Crippen molar-refractivity contribution >= 4 is 13.3 Å². The Balaban J connectivity index is 2.72. The molecule has 1 rings (SSSR count). The van der Waals surface area contributed by atoms with Gasteiger partial charge in [-0.05, 0) is 33.9 Å². The summed E-state index contributed by atoms with van der Waals surface area (Å²) in [5.41, 5.74) is -0.681. The molecule has 0 aromatic heterocycles. The van der Waals surface area contributed by atoms with Crippen molar-refractivity contribution in [2.24, 2.45) is 0 Å². The van der Waals surface area contributed by atoms with Gasteiger partial charge in [-0.25, -0.2) is 0 Å². The van der Waals surface area contributed by atoms with Crippen LogP contribution in [-0.4, -0.2) is 38.3 Å². The van der Waals surface area contributed by atoms with E-state index in [0.717, 1.165) is 0 Å². The molecule has 1 fully saturated rings. The van der Waals surface area contributed by atoms with E-state index in [0.29, 0.717) is 6.61 Å². The second-order valence-corrected chi connectivity index (χ2v) is 4.91. The van der Waals surface area contributed by atoms with E-state index in [4.69, 9.17) is 19.5 Å². The van der Waals surface area contributed by atoms with Crippen LogP contribution < -0.4 is 0 Å². The molecule has 0 aromatic carbocycles. The summed E-state index contributed by atoms with van der Waals surface area (Å²) < 4.78 is 16.7. The second-order valence-electron chi connectivity index (χ2n) is 4.91. The van der Waals surface area contributed by atoms with Gasteiger partial charge in [0, 0.05) is 7.11 Å². The first-order chi connectivity index (χ1) is 6.84. The topological polar surface area (TPSA) is 51.5 Å². The third kappa shape index (κ3) is 2.41. The normalized spacial score (nSPS) is 25.3. The Morgan fingerprint density at radius 3 is 2.07 bits per heavy atom. The van der Waals surface area contributed by atoms with Gasteiger partial charge in [0.15, 0.2) is 0 Å². The van der Waals surface area contributed by atoms with E-state index in [9.17, 15) is 0 Å². The third-order valence-corrected chi connectivity index (χ3v) is 3.19. The van der Waals surface area contributed by atoms with Crippen LogP contribution in [0, 0.1) is 5.41 Å². The second kappa shape index (κ2) is 4.24. The number of hydrogen-bond acceptors (Lipinski definition) is 4. The minimum absolute atomic E-state index is 0.143. The molecular weight excluding hydrogens is 193 g/mol. The summed E-state index contributed by atoms with van der Waals surface area (Å²) in [4.78, 5) is 0. The molecule has 0 radical (unpaired) electrons. The van der Waals surface area contributed by atoms with Crippen LogP contribution in [0.15, 0.2) is 0 Å². The molecule has 1 unspecified atom stereocenters. The maximum atomic E-state index is 7.32. The maximum absolute atomic E-state index is 7.32. The van der Waals surface area contributed by atoms with E-state index in [1.165, 1.54) is 6.21 Å². The lowest BCUT2D eigenvalue weighted by atomic mass is 9.73. The molecule has 86 valence electrons. The van der Waals surface area contributed by atoms with Crippen molar-refractivity contribution in [2.75, 3.05) is 13.7 Å². The third-order valence-electron chi connectivity index (χ3n) is 3.19. The average molecular weight is 213 g/mol. The highest BCUT2D eigenvalue weighted by Crippen LogP contribution is 2.39. The lowest BCUT2D eigenvalue weighted by Gasteiger charge is -2.32. The van der Waals surface area contributed by atoms with Crippen LogP contribution in [0.1, 0.15) is 27.7 Å². The zero-order valence-corrected chi connectivity index (χ0v) is 10.2. The molecule has 0 aromatic rings. The summed E-state index contributed by atoms with van der Waals surface area (Å²) >= 11 is 0. The summed E-state index contributed by atoms with van der Waals surface area (Å²) in [7, 11) is 1.23. The SMILES string of the molecule is COCC(C=N)B1OC(C)(C)C(C)(C)O1. The average Bonchev–Trinajstić information content (AvgIpc) is 2.32. The number of ether oxygens (including phenoxy) is 1. The standard InChI is InChI=1S/C10H20BNO3/c1-9(2)10(3,4)15-11(14-9)8(6-12)7-13-5/h6,8,12H,7H2,1-5H3. The molecule has 1 N–H and O–H groups in total. The van der Waals surface area contributed by atoms with Crippen LogP contribution in [-0.2, 0) is 14.0 Å². The van der Waals surface area contributed by atoms with Crippen molar-refractivity contribution in [3.8, 4) is 0 Å². The van der Waals surface area contributed by atoms with E-state index >= 15 is 0 Å². The van der Waals surface area contributed by atoms with E-state index in [-0.39, 0.29) is 24.1 Å². The van der Waals surface area contributed by atoms with Gasteiger partial charge in [0.05, 0.1) is 23.6 Å². The van der Waals surface area contributed by atoms with E-state index in [2.05, 4.69) is 0 Å². The number of rotatable bonds is 4. The fourth-order valence-corrected chi connectivity index (χ4v) is 1.46. The van der Waals surface area contributed by atoms with Crippen LogP contribution in [0.5, 0.6) is 0 Å². The monoisotopic (exact) mass is 213 g/mol. The number of nitrogens with one attached hydrogen (secondary N) is 1. The fraction of sp³-hybridized carbons (Fsp3) is 0.900. The van der Waals surface area contributed by atoms with Gasteiger partial charge in [0.1, 0.15) is 0 Å². The van der Waals surface area contributed by atoms with Crippen LogP contribution in [0.25, 0.3) is 0 Å². The molecule has 0 bridgehead atoms. The van der Waals surface area contributed by atoms with E-state index < -0.39 is 0 Å². The highest BCUT2D eigenvalue weighted by molar-refractivity contribution is 6.51. The molecule has 5 heteroatoms. The van der Waals surface area contributed by atoms with Crippen molar-refractivity contribution < 1.29 is 14.0 Å². The van der Waals surface area contributed by atoms with Gasteiger partial charge in [-0.2, -0.15) is 0 Å². The van der Waals surface area contributed by atoms with E-state index in [1.807, 2.05) is 27.7 Å². The van der Waals surface area contributed by atoms with Crippen molar-refractivity contribution in [3.63, 3.8) is 0 Å². The van der Waals surface area contributed by atoms with Gasteiger partial charge in [0.2, 0.25) is 0 Å². The van der Waals surface area contributed by atoms with E-state index in [1.54, 1.807) is 7.11 Å². The summed E-state index contributed by atoms with van der Waals surface area (Å²) in [6, 6.07) is 0. The quantitative estimate of drug-likeness (QED) is 0.571. The molecule has 0 aliphatic carbocycles. The molecule has 0 spiro atoms. The maximum Gasteiger partial charge on any atom is 0.469 e. The molecule has 1 aliphatic heterocycles. The fourth-order valence-electron chi connectivity index (χ4n) is 1.46. The summed E-state index contributed by atoms with van der Waals surface area (Å²) in [6.45, 7) is 8.45. The largest absolute Gasteiger partial charge is 0.469 e. The van der Waals surface area contributed by atoms with Crippen molar-refractivity contribution in [3.05, 3.63) is 0 Å². The Labute approximate surface area is 91.9 Å². The molecule has 1 saturated heterocycles. The first-order valence-corrected chi connectivity index (χ1v) is 5.19. The van der Waals surface area contributed by atoms with Crippen LogP contribution in [0.4, 0.5) is 0 Å². The van der Waals surface area contributed by atoms with Gasteiger partial charge >= 0.3 is 7.12 Å². The Morgan fingerprint density at radius 1 is 1.27 bits per heavy atom. The highest BCUT2D eigenvalue weighted by atomic mass is 16.7. The van der Waals surface area contributed by atoms with Gasteiger partial charge < -0.3 is 19.5 Å². The Bertz CT molecular complexity index is 227. The van der Waals surface area contributed by atoms with Crippen molar-refractivity contribution in [2.45, 2.75) is 44.7 Å². The summed E-state index contributed by atoms with van der Waals surface area (Å²) in [6.07, 6.45) is 1.33. The minimum atomic E-state index is -0.382. The molecule has 15 heavy (non-hydrogen) atoms. The van der Waals surface area contributed by atoms with Crippen LogP contribution >= 0.6 is 0 Å². The lowest BCUT2D eigenvalue weighted by Crippen LogP contribution is -2.41. The summed E-state index contributed by atoms with van der Waals surface area (Å²) in [5.74, 6) is -0.143. The number of hydrogen-bond donors (Lipinski definition) is 1. The minimum Gasteiger partial charge on any atom is -0.403 e. The Kier molecular flexibility index (Phi) is 3.58. The molecule has 0 amide bonds. The lowest BCUT2D eigenvalue weighted by molar-refractivity contribution is 0.00578. The first-order valence-electron chi connectivity index (χ1n) is 5.19. The predicted molar refractivity (Wildman–Crippen MR) is 60.5 cm³/mol. The highest BCUT2D eigenvalue weighted by Gasteiger charge is 2.53. The van der Waals surface area contributed by atoms with Gasteiger partial charge in [0.25, 0.3) is 0 Å².